The van der Waals surface area contributed by atoms with Crippen LogP contribution in [0.15, 0.2) is 36.5 Å². The van der Waals surface area contributed by atoms with Gasteiger partial charge in [0.05, 0.1) is 76.6 Å². The maximum absolute atomic E-state index is 16.0. The summed E-state index contributed by atoms with van der Waals surface area (Å²) in [5, 5.41) is 27.1. The summed E-state index contributed by atoms with van der Waals surface area (Å²) in [5.41, 5.74) is 2.67. The van der Waals surface area contributed by atoms with Crippen LogP contribution >= 0.6 is 11.6 Å². The van der Waals surface area contributed by atoms with Crippen molar-refractivity contribution in [1.29, 1.82) is 0 Å². The molecule has 0 radical (unpaired) electrons. The average molecular weight is 900 g/mol. The zero-order valence-electron chi connectivity index (χ0n) is 35.4. The molecule has 3 aliphatic rings. The number of fused-ring (bicyclic) bond motifs is 2. The maximum atomic E-state index is 16.0. The number of nitrogens with zero attached hydrogens (tertiary/aromatic N) is 5. The Hall–Kier alpha value is -5.05. The zero-order chi connectivity index (χ0) is 44.6. The van der Waals surface area contributed by atoms with Crippen molar-refractivity contribution in [3.8, 4) is 11.1 Å². The second-order valence-corrected chi connectivity index (χ2v) is 15.9. The van der Waals surface area contributed by atoms with Crippen LogP contribution in [0, 0.1) is 5.82 Å². The van der Waals surface area contributed by atoms with E-state index >= 15 is 4.39 Å². The van der Waals surface area contributed by atoms with Gasteiger partial charge in [-0.1, -0.05) is 29.8 Å². The minimum absolute atomic E-state index is 0.0379. The normalized spacial score (nSPS) is 16.6. The monoisotopic (exact) mass is 899 g/mol. The molecule has 4 amide bonds. The number of aliphatic carboxylic acids is 1. The highest BCUT2D eigenvalue weighted by molar-refractivity contribution is 6.17. The number of carbonyl (C=O) groups is 5. The van der Waals surface area contributed by atoms with Gasteiger partial charge in [-0.05, 0) is 36.6 Å². The van der Waals surface area contributed by atoms with Crippen LogP contribution in [-0.2, 0) is 49.5 Å². The standard InChI is InChI=1S/C43H56ClFN8O10/c44-12-3-1-2-4-16-60-18-20-62-22-23-63-21-19-61-17-13-46-37(54)8-9-40(57)53-14-10-30(11-15-53)43-42-32(33-25-36-31(24-34(33)45)26-49-52(36)53)6-5-7-35(42)51(50-43)29-39(56)47-27-38(55)48-28-41(58)59/h5-7,24-26,30H,1-4,8-23,27-29H2,(H3-,46,47,48,54,55,56,58,59)/p+1. The first-order valence-electron chi connectivity index (χ1n) is 21.6. The summed E-state index contributed by atoms with van der Waals surface area (Å²) in [4.78, 5) is 64.8. The number of aromatic nitrogens is 4. The number of amides is 4. The summed E-state index contributed by atoms with van der Waals surface area (Å²) in [6.07, 6.45) is 6.79. The molecule has 0 unspecified atom stereocenters. The van der Waals surface area contributed by atoms with E-state index in [0.717, 1.165) is 32.3 Å². The summed E-state index contributed by atoms with van der Waals surface area (Å²) >= 11 is 5.68. The predicted octanol–water partition coefficient (Wildman–Crippen LogP) is 3.13. The molecule has 0 saturated carbocycles. The van der Waals surface area contributed by atoms with Crippen LogP contribution in [-0.4, -0.2) is 146 Å². The van der Waals surface area contributed by atoms with Crippen LogP contribution in [0.2, 0.25) is 0 Å². The third-order valence-corrected chi connectivity index (χ3v) is 11.5. The van der Waals surface area contributed by atoms with E-state index in [1.807, 2.05) is 0 Å². The SMILES string of the molecule is O=C(O)CNC(=O)CNC(=O)Cn1nc2c3c(cccc31)-c1cc3c(cnn3[N+]3(C(=O)CCC(=O)NCCOCCOCCOCCOCCCCCCCl)CCC2CC3)cc1F. The molecule has 1 saturated heterocycles. The molecule has 1 fully saturated rings. The second-order valence-electron chi connectivity index (χ2n) is 15.6. The van der Waals surface area contributed by atoms with Crippen LogP contribution in [0.4, 0.5) is 4.39 Å². The Morgan fingerprint density at radius 2 is 1.46 bits per heavy atom. The number of piperidine rings is 1. The third kappa shape index (κ3) is 12.6. The Morgan fingerprint density at radius 3 is 2.17 bits per heavy atom. The molecule has 3 aliphatic heterocycles. The minimum Gasteiger partial charge on any atom is -0.480 e. The lowest BCUT2D eigenvalue weighted by Crippen LogP contribution is -2.65. The molecular weight excluding hydrogens is 843 g/mol. The molecule has 342 valence electrons. The Labute approximate surface area is 369 Å². The number of rotatable bonds is 27. The van der Waals surface area contributed by atoms with Gasteiger partial charge in [-0.2, -0.15) is 5.10 Å². The lowest BCUT2D eigenvalue weighted by molar-refractivity contribution is -0.141. The van der Waals surface area contributed by atoms with E-state index < -0.39 is 36.7 Å². The molecule has 0 spiro atoms. The largest absolute Gasteiger partial charge is 0.480 e. The first-order chi connectivity index (χ1) is 30.6. The van der Waals surface area contributed by atoms with Gasteiger partial charge in [0.1, 0.15) is 37.5 Å². The number of carboxylic acid groups (broad SMARTS) is 1. The molecule has 0 atom stereocenters. The summed E-state index contributed by atoms with van der Waals surface area (Å²) < 4.78 is 39.6. The van der Waals surface area contributed by atoms with Gasteiger partial charge in [-0.25, -0.2) is 9.18 Å². The number of quaternary nitrogens is 1. The van der Waals surface area contributed by atoms with Gasteiger partial charge in [-0.15, -0.1) is 21.3 Å². The summed E-state index contributed by atoms with van der Waals surface area (Å²) in [6, 6.07) is 8.45. The number of hydrogen-bond acceptors (Lipinski definition) is 11. The summed E-state index contributed by atoms with van der Waals surface area (Å²) in [7, 11) is 0. The first-order valence-corrected chi connectivity index (χ1v) is 22.1. The van der Waals surface area contributed by atoms with E-state index in [4.69, 9.17) is 40.8 Å². The Balaban J connectivity index is 1.00. The average Bonchev–Trinajstić information content (AvgIpc) is 3.86. The van der Waals surface area contributed by atoms with Gasteiger partial charge in [-0.3, -0.25) is 23.9 Å². The Morgan fingerprint density at radius 1 is 0.778 bits per heavy atom. The molecule has 0 aliphatic carbocycles. The van der Waals surface area contributed by atoms with Crippen LogP contribution in [0.3, 0.4) is 0 Å². The fourth-order valence-corrected chi connectivity index (χ4v) is 8.24. The smallest absolute Gasteiger partial charge is 0.340 e. The number of ether oxygens (including phenoxy) is 4. The Kier molecular flexibility index (Phi) is 17.8. The summed E-state index contributed by atoms with van der Waals surface area (Å²) in [6.45, 7) is 3.41. The lowest BCUT2D eigenvalue weighted by Gasteiger charge is -2.39. The minimum atomic E-state index is -1.21. The number of nitrogens with one attached hydrogen (secondary N) is 3. The van der Waals surface area contributed by atoms with Crippen molar-refractivity contribution in [1.82, 2.24) is 40.2 Å². The Bertz CT molecular complexity index is 2210. The summed E-state index contributed by atoms with van der Waals surface area (Å²) in [5.74, 6) is -2.83. The van der Waals surface area contributed by atoms with Crippen molar-refractivity contribution in [3.63, 3.8) is 0 Å². The molecular formula is C43H57ClFN8O10+. The van der Waals surface area contributed by atoms with E-state index in [-0.39, 0.29) is 60.4 Å². The van der Waals surface area contributed by atoms with E-state index in [1.165, 1.54) is 10.7 Å². The van der Waals surface area contributed by atoms with Gasteiger partial charge in [0.15, 0.2) is 0 Å². The quantitative estimate of drug-likeness (QED) is 0.0386. The lowest BCUT2D eigenvalue weighted by atomic mass is 9.88. The molecule has 2 aromatic heterocycles. The van der Waals surface area contributed by atoms with Gasteiger partial charge in [0, 0.05) is 60.5 Å². The van der Waals surface area contributed by atoms with Crippen molar-refractivity contribution in [3.05, 3.63) is 48.0 Å². The van der Waals surface area contributed by atoms with Crippen molar-refractivity contribution in [2.75, 3.05) is 91.5 Å². The van der Waals surface area contributed by atoms with Crippen LogP contribution in [0.5, 0.6) is 0 Å². The molecule has 4 aromatic rings. The highest BCUT2D eigenvalue weighted by Crippen LogP contribution is 2.42. The van der Waals surface area contributed by atoms with E-state index in [2.05, 4.69) is 21.0 Å². The van der Waals surface area contributed by atoms with Gasteiger partial charge in [0.2, 0.25) is 17.7 Å². The number of carboxylic acids is 1. The number of halogens is 2. The highest BCUT2D eigenvalue weighted by Gasteiger charge is 2.46. The second kappa shape index (κ2) is 23.6. The van der Waals surface area contributed by atoms with E-state index in [0.29, 0.717) is 105 Å². The van der Waals surface area contributed by atoms with Gasteiger partial charge in [0.25, 0.3) is 0 Å². The van der Waals surface area contributed by atoms with Crippen LogP contribution < -0.4 is 20.5 Å². The number of benzene rings is 2. The molecule has 5 heterocycles. The number of carbonyl (C=O) groups excluding carboxylic acids is 4. The van der Waals surface area contributed by atoms with Crippen molar-refractivity contribution in [2.45, 2.75) is 63.8 Å². The third-order valence-electron chi connectivity index (χ3n) is 11.2. The highest BCUT2D eigenvalue weighted by atomic mass is 35.5. The molecule has 18 nitrogen and oxygen atoms in total. The molecule has 63 heavy (non-hydrogen) atoms. The number of hydrogen-bond donors (Lipinski definition) is 4. The number of unbranched alkanes of at least 4 members (excludes halogenated alkanes) is 3. The van der Waals surface area contributed by atoms with Gasteiger partial charge < -0.3 is 40.0 Å². The first kappa shape index (κ1) is 47.4. The molecule has 4 N–H and O–H groups in total. The van der Waals surface area contributed by atoms with E-state index in [1.54, 1.807) is 35.3 Å². The van der Waals surface area contributed by atoms with Crippen molar-refractivity contribution in [2.24, 2.45) is 0 Å². The van der Waals surface area contributed by atoms with Gasteiger partial charge >= 0.3 is 11.9 Å². The predicted molar refractivity (Wildman–Crippen MR) is 231 cm³/mol. The zero-order valence-corrected chi connectivity index (χ0v) is 36.2. The number of alkyl halides is 1. The molecule has 7 rings (SSSR count). The van der Waals surface area contributed by atoms with E-state index in [9.17, 15) is 24.0 Å². The molecule has 4 bridgehead atoms. The van der Waals surface area contributed by atoms with Crippen LogP contribution in [0.25, 0.3) is 32.9 Å². The van der Waals surface area contributed by atoms with Crippen LogP contribution in [0.1, 0.15) is 63.0 Å². The topological polar surface area (TPSA) is 214 Å². The van der Waals surface area contributed by atoms with Crippen molar-refractivity contribution < 1.29 is 52.4 Å². The van der Waals surface area contributed by atoms with Crippen molar-refractivity contribution >= 4 is 63.0 Å². The fraction of sp³-hybridized carbons (Fsp3) is 0.558. The fourth-order valence-electron chi connectivity index (χ4n) is 8.05. The molecule has 2 aromatic carbocycles. The maximum Gasteiger partial charge on any atom is 0.340 e. The molecule has 20 heteroatoms.